The number of aromatic nitrogens is 3. The Labute approximate surface area is 137 Å². The molecule has 6 nitrogen and oxygen atoms in total. The van der Waals surface area contributed by atoms with Gasteiger partial charge in [0.15, 0.2) is 0 Å². The van der Waals surface area contributed by atoms with Gasteiger partial charge in [-0.25, -0.2) is 15.0 Å². The quantitative estimate of drug-likeness (QED) is 0.777. The summed E-state index contributed by atoms with van der Waals surface area (Å²) in [4.78, 5) is 14.8. The number of aryl methyl sites for hydroxylation is 1. The van der Waals surface area contributed by atoms with Crippen molar-refractivity contribution in [1.29, 1.82) is 0 Å². The Hall–Kier alpha value is -2.46. The van der Waals surface area contributed by atoms with E-state index < -0.39 is 10.8 Å². The molecule has 0 bridgehead atoms. The lowest BCUT2D eigenvalue weighted by Crippen LogP contribution is -2.38. The Bertz CT molecular complexity index is 784. The van der Waals surface area contributed by atoms with Gasteiger partial charge in [0.2, 0.25) is 0 Å². The molecule has 3 rings (SSSR count). The van der Waals surface area contributed by atoms with Gasteiger partial charge in [0.25, 0.3) is 0 Å². The minimum absolute atomic E-state index is 0.469. The van der Waals surface area contributed by atoms with Crippen molar-refractivity contribution >= 4 is 22.4 Å². The van der Waals surface area contributed by atoms with Crippen molar-refractivity contribution in [3.8, 4) is 11.8 Å². The van der Waals surface area contributed by atoms with Crippen LogP contribution >= 0.6 is 0 Å². The van der Waals surface area contributed by atoms with Crippen LogP contribution in [0.15, 0.2) is 24.7 Å². The number of anilines is 2. The molecule has 1 saturated heterocycles. The van der Waals surface area contributed by atoms with Crippen molar-refractivity contribution in [2.75, 3.05) is 35.2 Å². The molecule has 0 aliphatic carbocycles. The van der Waals surface area contributed by atoms with Crippen LogP contribution in [0.4, 0.5) is 11.6 Å². The predicted octanol–water partition coefficient (Wildman–Crippen LogP) is 0.731. The lowest BCUT2D eigenvalue weighted by molar-refractivity contribution is 0.672. The van der Waals surface area contributed by atoms with E-state index >= 15 is 0 Å². The van der Waals surface area contributed by atoms with Gasteiger partial charge < -0.3 is 10.6 Å². The van der Waals surface area contributed by atoms with Gasteiger partial charge in [0.1, 0.15) is 18.0 Å². The zero-order chi connectivity index (χ0) is 16.2. The molecule has 0 unspecified atom stereocenters. The van der Waals surface area contributed by atoms with Crippen molar-refractivity contribution < 1.29 is 4.21 Å². The van der Waals surface area contributed by atoms with Crippen LogP contribution in [0.25, 0.3) is 0 Å². The minimum Gasteiger partial charge on any atom is -0.384 e. The number of hydrogen-bond acceptors (Lipinski definition) is 6. The molecule has 2 N–H and O–H groups in total. The normalized spacial score (nSPS) is 15.1. The molecule has 0 amide bonds. The highest BCUT2D eigenvalue weighted by Gasteiger charge is 2.19. The first-order valence-electron chi connectivity index (χ1n) is 7.28. The van der Waals surface area contributed by atoms with Gasteiger partial charge in [-0.05, 0) is 19.1 Å². The van der Waals surface area contributed by atoms with Gasteiger partial charge in [-0.2, -0.15) is 0 Å². The van der Waals surface area contributed by atoms with E-state index in [1.54, 1.807) is 18.6 Å². The molecule has 1 aliphatic rings. The fourth-order valence-corrected chi connectivity index (χ4v) is 3.36. The molecule has 0 aromatic carbocycles. The number of pyridine rings is 1. The first kappa shape index (κ1) is 15.4. The Balaban J connectivity index is 1.93. The van der Waals surface area contributed by atoms with Crippen LogP contribution in [-0.2, 0) is 10.8 Å². The largest absolute Gasteiger partial charge is 0.384 e. The molecule has 23 heavy (non-hydrogen) atoms. The molecule has 7 heteroatoms. The van der Waals surface area contributed by atoms with Crippen LogP contribution < -0.4 is 10.6 Å². The Morgan fingerprint density at radius 1 is 1.17 bits per heavy atom. The van der Waals surface area contributed by atoms with E-state index in [0.29, 0.717) is 17.3 Å². The van der Waals surface area contributed by atoms with Crippen molar-refractivity contribution in [3.05, 3.63) is 41.5 Å². The third kappa shape index (κ3) is 3.66. The predicted molar refractivity (Wildman–Crippen MR) is 91.5 cm³/mol. The summed E-state index contributed by atoms with van der Waals surface area (Å²) in [6.07, 6.45) is 3.19. The Morgan fingerprint density at radius 2 is 1.96 bits per heavy atom. The monoisotopic (exact) mass is 327 g/mol. The number of nitrogens with two attached hydrogens (primary N) is 1. The number of rotatable bonds is 1. The van der Waals surface area contributed by atoms with Crippen LogP contribution in [0.5, 0.6) is 0 Å². The molecule has 1 aliphatic heterocycles. The fraction of sp³-hybridized carbons (Fsp3) is 0.312. The number of nitrogens with zero attached hydrogens (tertiary/aromatic N) is 4. The Kier molecular flexibility index (Phi) is 4.53. The summed E-state index contributed by atoms with van der Waals surface area (Å²) < 4.78 is 11.5. The lowest BCUT2D eigenvalue weighted by atomic mass is 10.2. The zero-order valence-corrected chi connectivity index (χ0v) is 13.6. The van der Waals surface area contributed by atoms with E-state index in [1.807, 2.05) is 13.0 Å². The molecular formula is C16H17N5OS. The summed E-state index contributed by atoms with van der Waals surface area (Å²) in [5.41, 5.74) is 8.00. The fourth-order valence-electron chi connectivity index (χ4n) is 2.31. The number of hydrogen-bond donors (Lipinski definition) is 1. The van der Waals surface area contributed by atoms with Gasteiger partial charge in [-0.1, -0.05) is 11.8 Å². The van der Waals surface area contributed by atoms with E-state index in [9.17, 15) is 4.21 Å². The summed E-state index contributed by atoms with van der Waals surface area (Å²) in [7, 11) is -0.724. The summed E-state index contributed by atoms with van der Waals surface area (Å²) in [5, 5.41) is 0. The summed E-state index contributed by atoms with van der Waals surface area (Å²) in [6.45, 7) is 3.36. The van der Waals surface area contributed by atoms with Gasteiger partial charge in [0.05, 0.1) is 11.3 Å². The van der Waals surface area contributed by atoms with E-state index in [4.69, 9.17) is 5.73 Å². The summed E-state index contributed by atoms with van der Waals surface area (Å²) in [6, 6.07) is 3.55. The van der Waals surface area contributed by atoms with Crippen molar-refractivity contribution in [2.24, 2.45) is 0 Å². The maximum absolute atomic E-state index is 11.5. The second-order valence-electron chi connectivity index (χ2n) is 5.21. The van der Waals surface area contributed by atoms with Crippen LogP contribution in [0.1, 0.15) is 16.8 Å². The molecule has 1 fully saturated rings. The molecule has 0 radical (unpaired) electrons. The number of nitrogen functional groups attached to an aromatic ring is 1. The van der Waals surface area contributed by atoms with Gasteiger partial charge in [0, 0.05) is 47.2 Å². The van der Waals surface area contributed by atoms with Crippen LogP contribution in [-0.4, -0.2) is 43.8 Å². The average Bonchev–Trinajstić information content (AvgIpc) is 2.56. The third-order valence-corrected chi connectivity index (χ3v) is 4.89. The first-order chi connectivity index (χ1) is 11.1. The summed E-state index contributed by atoms with van der Waals surface area (Å²) in [5.74, 6) is 8.84. The molecule has 0 spiro atoms. The van der Waals surface area contributed by atoms with Gasteiger partial charge in [-0.15, -0.1) is 0 Å². The third-order valence-electron chi connectivity index (χ3n) is 3.61. The highest BCUT2D eigenvalue weighted by Crippen LogP contribution is 2.20. The first-order valence-corrected chi connectivity index (χ1v) is 8.77. The molecule has 118 valence electrons. The van der Waals surface area contributed by atoms with Crippen LogP contribution in [0, 0.1) is 18.8 Å². The highest BCUT2D eigenvalue weighted by molar-refractivity contribution is 7.85. The van der Waals surface area contributed by atoms with Crippen LogP contribution in [0.3, 0.4) is 0 Å². The minimum atomic E-state index is -0.724. The SMILES string of the molecule is Cc1ncnc(N2CCS(=O)CC2)c1C#Cc1ccc(N)nc1. The average molecular weight is 327 g/mol. The van der Waals surface area contributed by atoms with E-state index in [2.05, 4.69) is 31.7 Å². The smallest absolute Gasteiger partial charge is 0.148 e. The highest BCUT2D eigenvalue weighted by atomic mass is 32.2. The second-order valence-corrected chi connectivity index (χ2v) is 6.91. The van der Waals surface area contributed by atoms with E-state index in [0.717, 1.165) is 35.7 Å². The Morgan fingerprint density at radius 3 is 2.65 bits per heavy atom. The van der Waals surface area contributed by atoms with Crippen molar-refractivity contribution in [2.45, 2.75) is 6.92 Å². The van der Waals surface area contributed by atoms with E-state index in [-0.39, 0.29) is 0 Å². The van der Waals surface area contributed by atoms with Crippen LogP contribution in [0.2, 0.25) is 0 Å². The molecule has 3 heterocycles. The maximum Gasteiger partial charge on any atom is 0.148 e. The van der Waals surface area contributed by atoms with Gasteiger partial charge in [-0.3, -0.25) is 4.21 Å². The summed E-state index contributed by atoms with van der Waals surface area (Å²) >= 11 is 0. The van der Waals surface area contributed by atoms with E-state index in [1.165, 1.54) is 0 Å². The second kappa shape index (κ2) is 6.75. The molecular weight excluding hydrogens is 310 g/mol. The molecule has 0 saturated carbocycles. The van der Waals surface area contributed by atoms with Crippen molar-refractivity contribution in [1.82, 2.24) is 15.0 Å². The molecule has 0 atom stereocenters. The lowest BCUT2D eigenvalue weighted by Gasteiger charge is -2.28. The maximum atomic E-state index is 11.5. The topological polar surface area (TPSA) is 85.0 Å². The van der Waals surface area contributed by atoms with Crippen molar-refractivity contribution in [3.63, 3.8) is 0 Å². The zero-order valence-electron chi connectivity index (χ0n) is 12.8. The molecule has 2 aromatic rings. The standard InChI is InChI=1S/C16H17N5OS/c1-12-14(4-2-13-3-5-15(17)18-10-13)16(20-11-19-12)21-6-8-23(22)9-7-21/h3,5,10-11H,6-9H2,1H3,(H2,17,18). The molecule has 2 aromatic heterocycles. The van der Waals surface area contributed by atoms with Gasteiger partial charge >= 0.3 is 0 Å².